The summed E-state index contributed by atoms with van der Waals surface area (Å²) in [6.45, 7) is 0. The van der Waals surface area contributed by atoms with E-state index in [4.69, 9.17) is 5.26 Å². The van der Waals surface area contributed by atoms with Crippen LogP contribution in [0.3, 0.4) is 0 Å². The zero-order valence-electron chi connectivity index (χ0n) is 6.21. The monoisotopic (exact) mass is 194 g/mol. The van der Waals surface area contributed by atoms with Crippen molar-refractivity contribution in [3.63, 3.8) is 0 Å². The highest BCUT2D eigenvalue weighted by molar-refractivity contribution is 5.34. The molecule has 0 radical (unpaired) electrons. The maximum Gasteiger partial charge on any atom is 0.420 e. The van der Waals surface area contributed by atoms with Crippen LogP contribution in [0, 0.1) is 0 Å². The van der Waals surface area contributed by atoms with Crippen molar-refractivity contribution in [2.45, 2.75) is 6.18 Å². The first-order chi connectivity index (χ1) is 6.05. The largest absolute Gasteiger partial charge is 0.420 e. The third-order valence-corrected chi connectivity index (χ3v) is 1.32. The van der Waals surface area contributed by atoms with Crippen LogP contribution in [0.4, 0.5) is 13.2 Å². The fourth-order valence-electron chi connectivity index (χ4n) is 0.814. The molecule has 0 saturated heterocycles. The number of benzene rings is 1. The van der Waals surface area contributed by atoms with E-state index in [0.29, 0.717) is 0 Å². The minimum Gasteiger partial charge on any atom is -0.308 e. The topological polar surface area (TPSA) is 38.7 Å². The summed E-state index contributed by atoms with van der Waals surface area (Å²) in [6, 6.07) is 4.37. The van der Waals surface area contributed by atoms with E-state index in [0.717, 1.165) is 12.1 Å². The Morgan fingerprint density at radius 1 is 1.15 bits per heavy atom. The Morgan fingerprint density at radius 3 is 2.31 bits per heavy atom. The molecular weight excluding hydrogens is 189 g/mol. The normalized spacial score (nSPS) is 11.4. The van der Waals surface area contributed by atoms with E-state index >= 15 is 0 Å². The highest BCUT2D eigenvalue weighted by atomic mass is 19.4. The van der Waals surface area contributed by atoms with Gasteiger partial charge in [0.05, 0.1) is 0 Å². The predicted molar refractivity (Wildman–Crippen MR) is 35.8 cm³/mol. The number of halogens is 3. The minimum absolute atomic E-state index is 0.586. The summed E-state index contributed by atoms with van der Waals surface area (Å²) in [4.78, 5) is 3.90. The van der Waals surface area contributed by atoms with E-state index in [-0.39, 0.29) is 0 Å². The fourth-order valence-corrected chi connectivity index (χ4v) is 0.814. The van der Waals surface area contributed by atoms with Gasteiger partial charge in [0.2, 0.25) is 0 Å². The Labute approximate surface area is 71.2 Å². The molecule has 0 aliphatic rings. The van der Waals surface area contributed by atoms with Crippen LogP contribution in [0.5, 0.6) is 5.75 Å². The number of hydrogen-bond acceptors (Lipinski definition) is 3. The molecule has 0 spiro atoms. The first-order valence-corrected chi connectivity index (χ1v) is 3.20. The molecule has 0 aliphatic carbocycles. The predicted octanol–water partition coefficient (Wildman–Crippen LogP) is 2.49. The third-order valence-electron chi connectivity index (χ3n) is 1.32. The van der Waals surface area contributed by atoms with Crippen LogP contribution >= 0.6 is 0 Å². The summed E-state index contributed by atoms with van der Waals surface area (Å²) >= 11 is 0. The molecule has 13 heavy (non-hydrogen) atoms. The summed E-state index contributed by atoms with van der Waals surface area (Å²) in [5, 5.41) is 11.0. The molecule has 1 rings (SSSR count). The minimum atomic E-state index is -4.53. The van der Waals surface area contributed by atoms with Crippen LogP contribution in [0.25, 0.3) is 0 Å². The summed E-state index contributed by atoms with van der Waals surface area (Å²) in [5.74, 6) is -0.586. The van der Waals surface area contributed by atoms with Gasteiger partial charge in [-0.3, -0.25) is 0 Å². The third kappa shape index (κ3) is 2.33. The maximum atomic E-state index is 12.2. The van der Waals surface area contributed by atoms with E-state index in [1.54, 1.807) is 0 Å². The molecule has 0 amide bonds. The van der Waals surface area contributed by atoms with Crippen molar-refractivity contribution in [3.05, 3.63) is 29.8 Å². The number of para-hydroxylation sites is 1. The fraction of sp³-hybridized carbons (Fsp3) is 0.143. The van der Waals surface area contributed by atoms with Crippen LogP contribution in [-0.2, 0) is 11.2 Å². The Balaban J connectivity index is 3.05. The Hall–Kier alpha value is -1.27. The van der Waals surface area contributed by atoms with Crippen LogP contribution in [0.15, 0.2) is 24.3 Å². The summed E-state index contributed by atoms with van der Waals surface area (Å²) in [6.07, 6.45) is -4.53. The number of rotatable bonds is 2. The van der Waals surface area contributed by atoms with E-state index in [2.05, 4.69) is 9.93 Å². The molecule has 0 saturated carbocycles. The molecule has 0 atom stereocenters. The second-order valence-corrected chi connectivity index (χ2v) is 2.15. The lowest BCUT2D eigenvalue weighted by Gasteiger charge is -2.09. The average molecular weight is 194 g/mol. The van der Waals surface area contributed by atoms with Crippen molar-refractivity contribution in [1.29, 1.82) is 0 Å². The van der Waals surface area contributed by atoms with Crippen LogP contribution in [0.1, 0.15) is 5.56 Å². The first kappa shape index (κ1) is 9.82. The van der Waals surface area contributed by atoms with Gasteiger partial charge in [0.15, 0.2) is 5.75 Å². The van der Waals surface area contributed by atoms with Crippen LogP contribution < -0.4 is 4.89 Å². The smallest absolute Gasteiger partial charge is 0.308 e. The van der Waals surface area contributed by atoms with E-state index in [1.807, 2.05) is 0 Å². The second-order valence-electron chi connectivity index (χ2n) is 2.15. The van der Waals surface area contributed by atoms with E-state index in [9.17, 15) is 13.2 Å². The zero-order chi connectivity index (χ0) is 9.90. The molecule has 0 aliphatic heterocycles. The molecule has 0 heterocycles. The lowest BCUT2D eigenvalue weighted by Crippen LogP contribution is -2.08. The first-order valence-electron chi connectivity index (χ1n) is 3.20. The van der Waals surface area contributed by atoms with Gasteiger partial charge in [0.1, 0.15) is 5.56 Å². The molecule has 1 aromatic carbocycles. The van der Waals surface area contributed by atoms with Gasteiger partial charge >= 0.3 is 6.18 Å². The van der Waals surface area contributed by atoms with Gasteiger partial charge in [-0.2, -0.15) is 13.2 Å². The SMILES string of the molecule is OOOc1ccccc1C(F)(F)F. The highest BCUT2D eigenvalue weighted by Crippen LogP contribution is 2.35. The standard InChI is InChI=1S/C7H5F3O3/c8-7(9,10)5-3-1-2-4-6(5)12-13-11/h1-4,11H. The number of alkyl halides is 3. The number of hydrogen-bond donors (Lipinski definition) is 1. The second kappa shape index (κ2) is 3.63. The van der Waals surface area contributed by atoms with Gasteiger partial charge in [-0.25, -0.2) is 5.26 Å². The quantitative estimate of drug-likeness (QED) is 0.580. The van der Waals surface area contributed by atoms with Crippen molar-refractivity contribution in [3.8, 4) is 5.75 Å². The van der Waals surface area contributed by atoms with Gasteiger partial charge in [-0.15, -0.1) is 0 Å². The van der Waals surface area contributed by atoms with E-state index in [1.165, 1.54) is 12.1 Å². The van der Waals surface area contributed by atoms with Crippen molar-refractivity contribution < 1.29 is 28.4 Å². The maximum absolute atomic E-state index is 12.2. The zero-order valence-corrected chi connectivity index (χ0v) is 6.21. The molecule has 1 N–H and O–H groups in total. The van der Waals surface area contributed by atoms with Crippen molar-refractivity contribution in [1.82, 2.24) is 0 Å². The molecule has 0 fully saturated rings. The molecule has 72 valence electrons. The van der Waals surface area contributed by atoms with Gasteiger partial charge in [0, 0.05) is 0 Å². The Bertz CT molecular complexity index is 285. The highest BCUT2D eigenvalue weighted by Gasteiger charge is 2.34. The molecule has 1 aromatic rings. The van der Waals surface area contributed by atoms with Crippen LogP contribution in [-0.4, -0.2) is 5.26 Å². The van der Waals surface area contributed by atoms with Crippen LogP contribution in [0.2, 0.25) is 0 Å². The van der Waals surface area contributed by atoms with Gasteiger partial charge in [-0.05, 0) is 17.2 Å². The van der Waals surface area contributed by atoms with Crippen molar-refractivity contribution >= 4 is 0 Å². The molecule has 0 aromatic heterocycles. The Morgan fingerprint density at radius 2 is 1.77 bits per heavy atom. The molecule has 0 bridgehead atoms. The van der Waals surface area contributed by atoms with Gasteiger partial charge < -0.3 is 4.89 Å². The summed E-state index contributed by atoms with van der Waals surface area (Å²) < 4.78 is 36.5. The Kier molecular flexibility index (Phi) is 2.74. The summed E-state index contributed by atoms with van der Waals surface area (Å²) in [7, 11) is 0. The average Bonchev–Trinajstić information content (AvgIpc) is 2.04. The van der Waals surface area contributed by atoms with E-state index < -0.39 is 17.5 Å². The molecule has 0 unspecified atom stereocenters. The van der Waals surface area contributed by atoms with Crippen molar-refractivity contribution in [2.24, 2.45) is 0 Å². The van der Waals surface area contributed by atoms with Crippen molar-refractivity contribution in [2.75, 3.05) is 0 Å². The lowest BCUT2D eigenvalue weighted by molar-refractivity contribution is -0.439. The van der Waals surface area contributed by atoms with Gasteiger partial charge in [-0.1, -0.05) is 12.1 Å². The van der Waals surface area contributed by atoms with Gasteiger partial charge in [0.25, 0.3) is 0 Å². The lowest BCUT2D eigenvalue weighted by atomic mass is 10.2. The molecule has 3 nitrogen and oxygen atoms in total. The molecular formula is C7H5F3O3. The summed E-state index contributed by atoms with van der Waals surface area (Å²) in [5.41, 5.74) is -1.01. The molecule has 6 heteroatoms.